The Morgan fingerprint density at radius 3 is 1.47 bits per heavy atom. The fourth-order valence-corrected chi connectivity index (χ4v) is 5.81. The molecular formula is C46H33N. The van der Waals surface area contributed by atoms with E-state index >= 15 is 0 Å². The Morgan fingerprint density at radius 1 is 0.298 bits per heavy atom. The summed E-state index contributed by atoms with van der Waals surface area (Å²) in [7, 11) is 0. The molecule has 222 valence electrons. The molecule has 47 heavy (non-hydrogen) atoms. The van der Waals surface area contributed by atoms with Gasteiger partial charge in [-0.3, -0.25) is 0 Å². The predicted molar refractivity (Wildman–Crippen MR) is 200 cm³/mol. The third-order valence-corrected chi connectivity index (χ3v) is 8.22. The number of benzene rings is 8. The van der Waals surface area contributed by atoms with Gasteiger partial charge < -0.3 is 4.90 Å². The summed E-state index contributed by atoms with van der Waals surface area (Å²) in [4.78, 5) is 1.66. The molecule has 1 nitrogen and oxygen atoms in total. The Hall–Kier alpha value is -6.18. The zero-order valence-electron chi connectivity index (χ0n) is 34.3. The highest BCUT2D eigenvalue weighted by Gasteiger charge is 2.14. The summed E-state index contributed by atoms with van der Waals surface area (Å²) in [6, 6.07) is 43.1. The number of fused-ring (bicyclic) bond motifs is 1. The summed E-state index contributed by atoms with van der Waals surface area (Å²) in [6.45, 7) is 0. The topological polar surface area (TPSA) is 3.24 Å². The summed E-state index contributed by atoms with van der Waals surface area (Å²) in [6.07, 6.45) is 0. The maximum Gasteiger partial charge on any atom is 0.0645 e. The second-order valence-corrected chi connectivity index (χ2v) is 11.2. The molecule has 0 N–H and O–H groups in total. The van der Waals surface area contributed by atoms with Crippen LogP contribution in [0.15, 0.2) is 200 Å². The molecule has 0 aromatic heterocycles. The van der Waals surface area contributed by atoms with E-state index in [1.165, 1.54) is 5.39 Å². The van der Waals surface area contributed by atoms with Crippen LogP contribution in [0.1, 0.15) is 12.3 Å². The maximum atomic E-state index is 9.27. The van der Waals surface area contributed by atoms with Gasteiger partial charge in [0.05, 0.1) is 12.3 Å². The Labute approximate surface area is 289 Å². The molecule has 0 radical (unpaired) electrons. The van der Waals surface area contributed by atoms with Gasteiger partial charge in [-0.15, -0.1) is 0 Å². The lowest BCUT2D eigenvalue weighted by atomic mass is 9.97. The van der Waals surface area contributed by atoms with Crippen molar-refractivity contribution in [3.8, 4) is 44.5 Å². The van der Waals surface area contributed by atoms with Crippen LogP contribution in [-0.4, -0.2) is 0 Å². The fraction of sp³-hybridized carbons (Fsp3) is 0. The Bertz CT molecular complexity index is 2730. The Kier molecular flexibility index (Phi) is 5.40. The first-order valence-electron chi connectivity index (χ1n) is 19.9. The van der Waals surface area contributed by atoms with E-state index in [4.69, 9.17) is 9.60 Å². The SMILES string of the molecule is [2H]c1c([2H])c([2H])c(-c2c([2H])c([2H])c(N(c3ccc(-c4ccccc4)cc3)c3ccc(-c4cccc(-c5ccc6ccccc6c5)c4)cc3)c([2H])c2[2H])c([2H])c1[2H]. The van der Waals surface area contributed by atoms with Crippen molar-refractivity contribution >= 4 is 27.8 Å². The predicted octanol–water partition coefficient (Wildman–Crippen LogP) is 13.0. The van der Waals surface area contributed by atoms with Crippen LogP contribution in [0.4, 0.5) is 17.1 Å². The maximum absolute atomic E-state index is 9.27. The van der Waals surface area contributed by atoms with Crippen LogP contribution in [0.5, 0.6) is 0 Å². The van der Waals surface area contributed by atoms with Crippen LogP contribution in [0.25, 0.3) is 55.3 Å². The normalized spacial score (nSPS) is 13.7. The van der Waals surface area contributed by atoms with Crippen molar-refractivity contribution in [3.05, 3.63) is 200 Å². The molecule has 0 aliphatic rings. The van der Waals surface area contributed by atoms with Crippen LogP contribution in [0, 0.1) is 0 Å². The summed E-state index contributed by atoms with van der Waals surface area (Å²) >= 11 is 0. The molecule has 0 bridgehead atoms. The van der Waals surface area contributed by atoms with Gasteiger partial charge in [0, 0.05) is 17.1 Å². The van der Waals surface area contributed by atoms with Crippen molar-refractivity contribution in [1.82, 2.24) is 0 Å². The Morgan fingerprint density at radius 2 is 0.787 bits per heavy atom. The molecule has 8 aromatic carbocycles. The van der Waals surface area contributed by atoms with Crippen molar-refractivity contribution < 1.29 is 12.3 Å². The summed E-state index contributed by atoms with van der Waals surface area (Å²) in [5, 5.41) is 2.33. The highest BCUT2D eigenvalue weighted by molar-refractivity contribution is 5.88. The van der Waals surface area contributed by atoms with E-state index in [-0.39, 0.29) is 16.8 Å². The van der Waals surface area contributed by atoms with Gasteiger partial charge in [0.2, 0.25) is 0 Å². The summed E-state index contributed by atoms with van der Waals surface area (Å²) < 4.78 is 78.1. The van der Waals surface area contributed by atoms with Gasteiger partial charge >= 0.3 is 0 Å². The molecule has 0 fully saturated rings. The van der Waals surface area contributed by atoms with Crippen LogP contribution in [0.3, 0.4) is 0 Å². The van der Waals surface area contributed by atoms with Gasteiger partial charge in [-0.25, -0.2) is 0 Å². The van der Waals surface area contributed by atoms with Crippen molar-refractivity contribution in [2.45, 2.75) is 0 Å². The van der Waals surface area contributed by atoms with Gasteiger partial charge in [-0.2, -0.15) is 0 Å². The zero-order chi connectivity index (χ0) is 39.2. The minimum absolute atomic E-state index is 0.0466. The van der Waals surface area contributed by atoms with Crippen LogP contribution in [-0.2, 0) is 0 Å². The number of nitrogens with zero attached hydrogens (tertiary/aromatic N) is 1. The molecule has 0 saturated heterocycles. The molecule has 0 atom stereocenters. The van der Waals surface area contributed by atoms with Crippen LogP contribution in [0.2, 0.25) is 0 Å². The number of anilines is 3. The van der Waals surface area contributed by atoms with Crippen molar-refractivity contribution in [2.75, 3.05) is 4.90 Å². The molecule has 1 heteroatoms. The number of hydrogen-bond donors (Lipinski definition) is 0. The van der Waals surface area contributed by atoms with Crippen LogP contribution < -0.4 is 4.90 Å². The van der Waals surface area contributed by atoms with Gasteiger partial charge in [-0.1, -0.05) is 151 Å². The molecule has 0 heterocycles. The van der Waals surface area contributed by atoms with Gasteiger partial charge in [0.25, 0.3) is 0 Å². The molecule has 8 aromatic rings. The lowest BCUT2D eigenvalue weighted by molar-refractivity contribution is 1.28. The molecule has 8 rings (SSSR count). The van der Waals surface area contributed by atoms with Crippen LogP contribution >= 0.6 is 0 Å². The molecule has 0 amide bonds. The van der Waals surface area contributed by atoms with Gasteiger partial charge in [0.15, 0.2) is 0 Å². The van der Waals surface area contributed by atoms with E-state index in [1.807, 2.05) is 103 Å². The second kappa shape index (κ2) is 12.7. The zero-order valence-corrected chi connectivity index (χ0v) is 25.3. The second-order valence-electron chi connectivity index (χ2n) is 11.2. The first-order chi connectivity index (χ1) is 27.0. The molecule has 0 aliphatic heterocycles. The van der Waals surface area contributed by atoms with Crippen molar-refractivity contribution in [2.24, 2.45) is 0 Å². The highest BCUT2D eigenvalue weighted by Crippen LogP contribution is 2.38. The van der Waals surface area contributed by atoms with E-state index in [9.17, 15) is 2.74 Å². The smallest absolute Gasteiger partial charge is 0.0645 e. The third kappa shape index (κ3) is 5.95. The molecule has 0 saturated carbocycles. The molecule has 0 unspecified atom stereocenters. The third-order valence-electron chi connectivity index (χ3n) is 8.22. The summed E-state index contributed by atoms with van der Waals surface area (Å²) in [5.74, 6) is 0. The van der Waals surface area contributed by atoms with E-state index < -0.39 is 54.4 Å². The van der Waals surface area contributed by atoms with E-state index in [1.54, 1.807) is 4.90 Å². The Balaban J connectivity index is 1.25. The number of hydrogen-bond acceptors (Lipinski definition) is 1. The minimum atomic E-state index is -0.620. The van der Waals surface area contributed by atoms with E-state index in [0.29, 0.717) is 11.4 Å². The number of rotatable bonds is 7. The average molecular weight is 609 g/mol. The quantitative estimate of drug-likeness (QED) is 0.174. The van der Waals surface area contributed by atoms with E-state index in [2.05, 4.69) is 42.5 Å². The summed E-state index contributed by atoms with van der Waals surface area (Å²) in [5.41, 5.74) is 6.42. The average Bonchev–Trinajstić information content (AvgIpc) is 3.24. The molecular weight excluding hydrogens is 567 g/mol. The molecule has 0 spiro atoms. The monoisotopic (exact) mass is 608 g/mol. The lowest BCUT2D eigenvalue weighted by Crippen LogP contribution is -2.09. The lowest BCUT2D eigenvalue weighted by Gasteiger charge is -2.26. The molecule has 0 aliphatic carbocycles. The largest absolute Gasteiger partial charge is 0.311 e. The van der Waals surface area contributed by atoms with Crippen molar-refractivity contribution in [1.29, 1.82) is 0 Å². The van der Waals surface area contributed by atoms with E-state index in [0.717, 1.165) is 38.8 Å². The highest BCUT2D eigenvalue weighted by atomic mass is 15.1. The van der Waals surface area contributed by atoms with Gasteiger partial charge in [-0.05, 0) is 104 Å². The standard InChI is InChI=1S/C46H33N/c1-3-10-34(11-4-1)37-20-26-44(27-21-37)47(45-28-22-38(23-29-45)35-12-5-2-6-13-35)46-30-24-39(25-31-46)41-16-9-17-42(32-41)43-19-18-36-14-7-8-15-40(36)33-43/h1-33H/i1D,3D,4D,10D,11D,20D,21D,26D,27D. The fourth-order valence-electron chi connectivity index (χ4n) is 5.81. The van der Waals surface area contributed by atoms with Crippen molar-refractivity contribution in [3.63, 3.8) is 0 Å². The first-order valence-corrected chi connectivity index (χ1v) is 15.4. The van der Waals surface area contributed by atoms with Gasteiger partial charge in [0.1, 0.15) is 0 Å². The minimum Gasteiger partial charge on any atom is -0.311 e. The first kappa shape index (κ1) is 20.0.